The van der Waals surface area contributed by atoms with Gasteiger partial charge in [-0.15, -0.1) is 0 Å². The summed E-state index contributed by atoms with van der Waals surface area (Å²) in [6, 6.07) is 0. The normalized spacial score (nSPS) is 23.2. The Morgan fingerprint density at radius 2 is 1.58 bits per heavy atom. The van der Waals surface area contributed by atoms with Crippen molar-refractivity contribution in [1.82, 2.24) is 15.1 Å². The average Bonchev–Trinajstić information content (AvgIpc) is 2.67. The van der Waals surface area contributed by atoms with E-state index in [1.807, 2.05) is 4.90 Å². The SMILES string of the molecule is CC(C)(CN1CCCCCC1)C(=O)N1CCNCC1. The summed E-state index contributed by atoms with van der Waals surface area (Å²) in [5, 5.41) is 3.31. The van der Waals surface area contributed by atoms with E-state index in [0.717, 1.165) is 45.8 Å². The lowest BCUT2D eigenvalue weighted by atomic mass is 9.90. The summed E-state index contributed by atoms with van der Waals surface area (Å²) in [6.45, 7) is 11.1. The van der Waals surface area contributed by atoms with Gasteiger partial charge in [-0.2, -0.15) is 0 Å². The summed E-state index contributed by atoms with van der Waals surface area (Å²) >= 11 is 0. The summed E-state index contributed by atoms with van der Waals surface area (Å²) in [5.74, 6) is 0.332. The van der Waals surface area contributed by atoms with E-state index < -0.39 is 0 Å². The molecule has 0 unspecified atom stereocenters. The molecule has 2 heterocycles. The number of carbonyl (C=O) groups is 1. The molecule has 0 saturated carbocycles. The zero-order valence-corrected chi connectivity index (χ0v) is 12.6. The van der Waals surface area contributed by atoms with Crippen molar-refractivity contribution < 1.29 is 4.79 Å². The number of carbonyl (C=O) groups excluding carboxylic acids is 1. The molecule has 2 aliphatic heterocycles. The Kier molecular flexibility index (Phi) is 5.22. The second-order valence-corrected chi connectivity index (χ2v) is 6.62. The van der Waals surface area contributed by atoms with Crippen molar-refractivity contribution in [2.24, 2.45) is 5.41 Å². The highest BCUT2D eigenvalue weighted by molar-refractivity contribution is 5.82. The highest BCUT2D eigenvalue weighted by Gasteiger charge is 2.34. The van der Waals surface area contributed by atoms with Crippen LogP contribution < -0.4 is 5.32 Å². The van der Waals surface area contributed by atoms with Crippen LogP contribution in [-0.4, -0.2) is 61.5 Å². The zero-order valence-electron chi connectivity index (χ0n) is 12.6. The molecule has 0 aliphatic carbocycles. The maximum absolute atomic E-state index is 12.7. The van der Waals surface area contributed by atoms with Gasteiger partial charge in [-0.3, -0.25) is 4.79 Å². The van der Waals surface area contributed by atoms with Gasteiger partial charge < -0.3 is 15.1 Å². The second-order valence-electron chi connectivity index (χ2n) is 6.62. The minimum atomic E-state index is -0.248. The summed E-state index contributed by atoms with van der Waals surface area (Å²) in [4.78, 5) is 17.2. The maximum Gasteiger partial charge on any atom is 0.229 e. The van der Waals surface area contributed by atoms with E-state index in [-0.39, 0.29) is 5.41 Å². The standard InChI is InChI=1S/C15H29N3O/c1-15(2,13-17-9-5-3-4-6-10-17)14(19)18-11-7-16-8-12-18/h16H,3-13H2,1-2H3. The molecule has 2 aliphatic rings. The third-order valence-electron chi connectivity index (χ3n) is 4.30. The number of nitrogens with zero attached hydrogens (tertiary/aromatic N) is 2. The minimum Gasteiger partial charge on any atom is -0.340 e. The molecule has 0 aromatic carbocycles. The Balaban J connectivity index is 1.89. The number of amides is 1. The molecule has 0 aromatic heterocycles. The molecule has 0 atom stereocenters. The lowest BCUT2D eigenvalue weighted by molar-refractivity contribution is -0.142. The van der Waals surface area contributed by atoms with E-state index in [1.54, 1.807) is 0 Å². The molecule has 4 heteroatoms. The van der Waals surface area contributed by atoms with Crippen LogP contribution in [0, 0.1) is 5.41 Å². The first-order valence-electron chi connectivity index (χ1n) is 7.82. The van der Waals surface area contributed by atoms with Crippen molar-refractivity contribution in [3.63, 3.8) is 0 Å². The summed E-state index contributed by atoms with van der Waals surface area (Å²) in [6.07, 6.45) is 5.28. The number of nitrogens with one attached hydrogen (secondary N) is 1. The van der Waals surface area contributed by atoms with Crippen molar-refractivity contribution in [2.45, 2.75) is 39.5 Å². The summed E-state index contributed by atoms with van der Waals surface area (Å²) in [5.41, 5.74) is -0.248. The molecular formula is C15H29N3O. The van der Waals surface area contributed by atoms with Crippen LogP contribution in [0.1, 0.15) is 39.5 Å². The van der Waals surface area contributed by atoms with E-state index in [0.29, 0.717) is 5.91 Å². The van der Waals surface area contributed by atoms with Gasteiger partial charge in [-0.05, 0) is 39.8 Å². The largest absolute Gasteiger partial charge is 0.340 e. The van der Waals surface area contributed by atoms with Crippen LogP contribution >= 0.6 is 0 Å². The van der Waals surface area contributed by atoms with Crippen molar-refractivity contribution in [1.29, 1.82) is 0 Å². The lowest BCUT2D eigenvalue weighted by Gasteiger charge is -2.37. The van der Waals surface area contributed by atoms with Crippen LogP contribution in [0.15, 0.2) is 0 Å². The molecule has 2 rings (SSSR count). The predicted octanol–water partition coefficient (Wildman–Crippen LogP) is 1.32. The zero-order chi connectivity index (χ0) is 13.7. The van der Waals surface area contributed by atoms with E-state index in [2.05, 4.69) is 24.1 Å². The summed E-state index contributed by atoms with van der Waals surface area (Å²) in [7, 11) is 0. The number of likely N-dealkylation sites (tertiary alicyclic amines) is 1. The molecule has 4 nitrogen and oxygen atoms in total. The predicted molar refractivity (Wildman–Crippen MR) is 78.1 cm³/mol. The van der Waals surface area contributed by atoms with Crippen LogP contribution in [0.5, 0.6) is 0 Å². The molecule has 0 bridgehead atoms. The lowest BCUT2D eigenvalue weighted by Crippen LogP contribution is -2.53. The average molecular weight is 267 g/mol. The van der Waals surface area contributed by atoms with E-state index in [9.17, 15) is 4.79 Å². The van der Waals surface area contributed by atoms with Gasteiger partial charge in [0.2, 0.25) is 5.91 Å². The van der Waals surface area contributed by atoms with Crippen LogP contribution in [0.25, 0.3) is 0 Å². The summed E-state index contributed by atoms with van der Waals surface area (Å²) < 4.78 is 0. The molecule has 0 spiro atoms. The van der Waals surface area contributed by atoms with E-state index >= 15 is 0 Å². The quantitative estimate of drug-likeness (QED) is 0.838. The molecule has 110 valence electrons. The number of hydrogen-bond donors (Lipinski definition) is 1. The van der Waals surface area contributed by atoms with Crippen molar-refractivity contribution in [3.8, 4) is 0 Å². The monoisotopic (exact) mass is 267 g/mol. The Labute approximate surface area is 117 Å². The van der Waals surface area contributed by atoms with Gasteiger partial charge in [0, 0.05) is 32.7 Å². The Hall–Kier alpha value is -0.610. The third kappa shape index (κ3) is 4.18. The first kappa shape index (κ1) is 14.8. The number of piperazine rings is 1. The van der Waals surface area contributed by atoms with Gasteiger partial charge in [0.15, 0.2) is 0 Å². The van der Waals surface area contributed by atoms with Gasteiger partial charge in [0.1, 0.15) is 0 Å². The van der Waals surface area contributed by atoms with Crippen LogP contribution in [-0.2, 0) is 4.79 Å². The van der Waals surface area contributed by atoms with E-state index in [1.165, 1.54) is 25.7 Å². The van der Waals surface area contributed by atoms with Crippen LogP contribution in [0.3, 0.4) is 0 Å². The fourth-order valence-corrected chi connectivity index (χ4v) is 3.22. The third-order valence-corrected chi connectivity index (χ3v) is 4.30. The molecule has 1 amide bonds. The molecular weight excluding hydrogens is 238 g/mol. The van der Waals surface area contributed by atoms with Gasteiger partial charge in [0.25, 0.3) is 0 Å². The smallest absolute Gasteiger partial charge is 0.229 e. The Morgan fingerprint density at radius 3 is 2.16 bits per heavy atom. The maximum atomic E-state index is 12.7. The first-order chi connectivity index (χ1) is 9.09. The van der Waals surface area contributed by atoms with Gasteiger partial charge in [-0.25, -0.2) is 0 Å². The van der Waals surface area contributed by atoms with Crippen molar-refractivity contribution in [2.75, 3.05) is 45.8 Å². The molecule has 2 fully saturated rings. The van der Waals surface area contributed by atoms with Crippen molar-refractivity contribution >= 4 is 5.91 Å². The Morgan fingerprint density at radius 1 is 1.00 bits per heavy atom. The Bertz CT molecular complexity index is 290. The van der Waals surface area contributed by atoms with E-state index in [4.69, 9.17) is 0 Å². The van der Waals surface area contributed by atoms with Gasteiger partial charge in [0.05, 0.1) is 5.41 Å². The second kappa shape index (κ2) is 6.71. The molecule has 1 N–H and O–H groups in total. The highest BCUT2D eigenvalue weighted by atomic mass is 16.2. The molecule has 0 aromatic rings. The highest BCUT2D eigenvalue weighted by Crippen LogP contribution is 2.23. The fourth-order valence-electron chi connectivity index (χ4n) is 3.22. The van der Waals surface area contributed by atoms with Gasteiger partial charge in [-0.1, -0.05) is 12.8 Å². The number of rotatable bonds is 3. The topological polar surface area (TPSA) is 35.6 Å². The molecule has 2 saturated heterocycles. The first-order valence-corrected chi connectivity index (χ1v) is 7.82. The van der Waals surface area contributed by atoms with Gasteiger partial charge >= 0.3 is 0 Å². The van der Waals surface area contributed by atoms with Crippen molar-refractivity contribution in [3.05, 3.63) is 0 Å². The molecule has 19 heavy (non-hydrogen) atoms. The minimum absolute atomic E-state index is 0.248. The van der Waals surface area contributed by atoms with Crippen LogP contribution in [0.2, 0.25) is 0 Å². The van der Waals surface area contributed by atoms with Crippen LogP contribution in [0.4, 0.5) is 0 Å². The fraction of sp³-hybridized carbons (Fsp3) is 0.933. The molecule has 0 radical (unpaired) electrons. The number of hydrogen-bond acceptors (Lipinski definition) is 3.